The Hall–Kier alpha value is -12.3. The molecule has 4 amide bonds. The Labute approximate surface area is 830 Å². The van der Waals surface area contributed by atoms with Crippen LogP contribution in [0.3, 0.4) is 0 Å². The molecule has 16 rings (SSSR count). The molecule has 1 saturated carbocycles. The van der Waals surface area contributed by atoms with Crippen molar-refractivity contribution >= 4 is 115 Å². The monoisotopic (exact) mass is 2000 g/mol. The van der Waals surface area contributed by atoms with Gasteiger partial charge in [0.15, 0.2) is 23.3 Å². The predicted octanol–water partition coefficient (Wildman–Crippen LogP) is 20.3. The minimum absolute atomic E-state index is 0.00646. The number of nitrogen functional groups attached to an aromatic ring is 4. The van der Waals surface area contributed by atoms with Crippen molar-refractivity contribution in [2.75, 3.05) is 55.8 Å². The molecule has 8 atom stereocenters. The van der Waals surface area contributed by atoms with Crippen molar-refractivity contribution in [3.63, 3.8) is 0 Å². The third kappa shape index (κ3) is 23.0. The third-order valence-corrected chi connectivity index (χ3v) is 26.3. The van der Waals surface area contributed by atoms with E-state index in [1.807, 2.05) is 166 Å². The summed E-state index contributed by atoms with van der Waals surface area (Å²) < 4.78 is 104. The highest BCUT2D eigenvalue weighted by atomic mass is 35.5. The maximum absolute atomic E-state index is 15.5. The van der Waals surface area contributed by atoms with Crippen molar-refractivity contribution < 1.29 is 65.2 Å². The van der Waals surface area contributed by atoms with Crippen LogP contribution in [0.2, 0.25) is 20.1 Å². The molecule has 2 aliphatic heterocycles. The van der Waals surface area contributed by atoms with E-state index in [9.17, 15) is 19.2 Å². The van der Waals surface area contributed by atoms with E-state index in [1.165, 1.54) is 24.3 Å². The number of anilines is 4. The van der Waals surface area contributed by atoms with Crippen molar-refractivity contribution in [1.82, 2.24) is 78.7 Å². The number of aromatic nitrogens is 12. The van der Waals surface area contributed by atoms with Crippen LogP contribution in [-0.2, 0) is 9.47 Å². The average Bonchev–Trinajstić information content (AvgIpc) is 1.57. The number of amides is 4. The van der Waals surface area contributed by atoms with Gasteiger partial charge in [0.2, 0.25) is 0 Å². The van der Waals surface area contributed by atoms with E-state index >= 15 is 17.6 Å². The van der Waals surface area contributed by atoms with Crippen molar-refractivity contribution in [2.24, 2.45) is 11.8 Å². The molecule has 1 aliphatic carbocycles. The summed E-state index contributed by atoms with van der Waals surface area (Å²) in [5.41, 5.74) is 32.3. The second-order valence-electron chi connectivity index (χ2n) is 36.8. The second-order valence-corrected chi connectivity index (χ2v) is 38.4. The van der Waals surface area contributed by atoms with Gasteiger partial charge in [-0.2, -0.15) is 0 Å². The third-order valence-electron chi connectivity index (χ3n) is 25.2. The van der Waals surface area contributed by atoms with Crippen LogP contribution < -0.4 is 63.1 Å². The van der Waals surface area contributed by atoms with Crippen molar-refractivity contribution in [3.05, 3.63) is 244 Å². The first-order valence-corrected chi connectivity index (χ1v) is 48.6. The highest BCUT2D eigenvalue weighted by molar-refractivity contribution is 6.32. The molecule has 13 aromatic rings. The van der Waals surface area contributed by atoms with Gasteiger partial charge in [0.25, 0.3) is 23.6 Å². The molecule has 0 spiro atoms. The maximum atomic E-state index is 15.5. The summed E-state index contributed by atoms with van der Waals surface area (Å²) in [6.45, 7) is 36.4. The van der Waals surface area contributed by atoms with Crippen LogP contribution in [0.4, 0.5) is 40.8 Å². The van der Waals surface area contributed by atoms with Crippen LogP contribution in [0.15, 0.2) is 104 Å². The lowest BCUT2D eigenvalue weighted by Gasteiger charge is -2.24. The molecule has 3 fully saturated rings. The van der Waals surface area contributed by atoms with E-state index in [4.69, 9.17) is 118 Å². The molecule has 12 N–H and O–H groups in total. The van der Waals surface area contributed by atoms with Gasteiger partial charge < -0.3 is 72.6 Å². The van der Waals surface area contributed by atoms with Gasteiger partial charge in [-0.25, -0.2) is 57.4 Å². The minimum atomic E-state index is -0.835. The highest BCUT2D eigenvalue weighted by Gasteiger charge is 2.38. The number of nitrogens with two attached hydrogens (primary N) is 4. The first kappa shape index (κ1) is 105. The van der Waals surface area contributed by atoms with Crippen LogP contribution in [0.25, 0.3) is 22.1 Å². The minimum Gasteiger partial charge on any atom is -0.490 e. The summed E-state index contributed by atoms with van der Waals surface area (Å²) in [6, 6.07) is 15.1. The topological polar surface area (TPSA) is 397 Å². The normalized spacial score (nSPS) is 16.1. The second kappa shape index (κ2) is 45.5. The molecule has 38 heteroatoms. The molecule has 2 saturated heterocycles. The molecular weight excluding hydrogens is 1880 g/mol. The molecule has 0 bridgehead atoms. The molecule has 10 heterocycles. The Morgan fingerprint density at radius 2 is 0.779 bits per heavy atom. The zero-order valence-corrected chi connectivity index (χ0v) is 84.8. The number of benzene rings is 5. The van der Waals surface area contributed by atoms with Crippen LogP contribution in [0, 0.1) is 62.8 Å². The number of carbonyl (C=O) groups excluding carboxylic acids is 4. The molecule has 30 nitrogen and oxygen atoms in total. The lowest BCUT2D eigenvalue weighted by Crippen LogP contribution is -2.37. The number of aryl methyl sites for hydroxylation is 4. The van der Waals surface area contributed by atoms with Crippen molar-refractivity contribution in [3.8, 4) is 23.0 Å². The van der Waals surface area contributed by atoms with E-state index in [2.05, 4.69) is 48.1 Å². The summed E-state index contributed by atoms with van der Waals surface area (Å²) >= 11 is 25.3. The van der Waals surface area contributed by atoms with E-state index < -0.39 is 64.7 Å². The van der Waals surface area contributed by atoms with Gasteiger partial charge in [-0.3, -0.25) is 36.8 Å². The molecule has 8 unspecified atom stereocenters. The Morgan fingerprint density at radius 1 is 0.443 bits per heavy atom. The fraction of sp³-hybridized carbons (Fsp3) is 0.431. The summed E-state index contributed by atoms with van der Waals surface area (Å²) in [5, 5.41) is 10.9. The van der Waals surface area contributed by atoms with E-state index in [-0.39, 0.29) is 120 Å². The molecule has 5 aromatic carbocycles. The number of fused-ring (bicyclic) bond motifs is 4. The number of nitrogens with zero attached hydrogens (tertiary/aromatic N) is 12. The zero-order valence-electron chi connectivity index (χ0n) is 81.8. The number of imidazole rings is 4. The fourth-order valence-corrected chi connectivity index (χ4v) is 19.1. The molecular formula is C102H122Cl4F4N20O10. The number of carbonyl (C=O) groups is 4. The fourth-order valence-electron chi connectivity index (χ4n) is 18.2. The summed E-state index contributed by atoms with van der Waals surface area (Å²) in [6.07, 6.45) is 19.6. The molecule has 140 heavy (non-hydrogen) atoms. The number of halogens is 8. The smallest absolute Gasteiger partial charge is 0.258 e. The van der Waals surface area contributed by atoms with Gasteiger partial charge in [-0.05, 0) is 177 Å². The molecule has 746 valence electrons. The summed E-state index contributed by atoms with van der Waals surface area (Å²) in [4.78, 5) is 88.7. The van der Waals surface area contributed by atoms with Crippen LogP contribution in [0.1, 0.15) is 293 Å². The lowest BCUT2D eigenvalue weighted by molar-refractivity contribution is 0.0635. The average molecular weight is 2010 g/mol. The van der Waals surface area contributed by atoms with Gasteiger partial charge in [0.05, 0.1) is 79.4 Å². The number of rotatable bonds is 28. The number of nitrogens with one attached hydrogen (secondary N) is 4. The van der Waals surface area contributed by atoms with Gasteiger partial charge >= 0.3 is 0 Å². The maximum Gasteiger partial charge on any atom is 0.258 e. The quantitative estimate of drug-likeness (QED) is 0.0211. The van der Waals surface area contributed by atoms with E-state index in [0.717, 1.165) is 75.8 Å². The number of hydrogen-bond acceptors (Lipinski definition) is 22. The Balaban J connectivity index is 0.000000157. The standard InChI is InChI=1S/C27H29ClFN5O2.C26H33ClFN5O3.C25H31ClFN5O2.C24H29ClFN5O3/c1-14(2)36-24-19(15(3)26-32-17(5)23-25(30)31-11-12-34(23)26)13-20(28)22(29)21(24)27(35)33-16(4)18-9-7-6-8-10-18;1-14(2)36-23-18(15(3)25-32-16(4)22-24(29)30-9-10-33(22)25)13-19(27)21(28)20(23)26(34)31-8-5-17-6-11-35-12-7-17;1-12(2)34-22-16(14(4)24-30-15(5)21-23(28)29-9-10-32(21)24)11-17(26)20(27)19(22)25(33)31-18-8-6-7-13(18)3;1-12(2)34-21-16(13(3)23-30-14(4)20-22(27)28-7-8-31(20)23)10-17(25)19(26)18(21)24(32)29-11-15-6-5-9-33-15/h6-16H,1-5H3,(H2,30,31)(H,33,35);9-10,13-15,17H,5-8,11-12H2,1-4H3,(H2,29,30)(H,31,34);9-14,18H,6-8H2,1-5H3,(H2,28,29)(H,31,33);7-8,10,12-13,15H,5-6,9,11H2,1-4H3,(H2,27,28)(H,29,32). The van der Waals surface area contributed by atoms with Gasteiger partial charge in [0, 0.05) is 134 Å². The van der Waals surface area contributed by atoms with E-state index in [0.29, 0.717) is 133 Å². The Bertz CT molecular complexity index is 6720. The van der Waals surface area contributed by atoms with Crippen LogP contribution in [0.5, 0.6) is 23.0 Å². The van der Waals surface area contributed by atoms with Gasteiger partial charge in [-0.15, -0.1) is 0 Å². The number of hydrogen-bond donors (Lipinski definition) is 8. The highest BCUT2D eigenvalue weighted by Crippen LogP contribution is 2.47. The van der Waals surface area contributed by atoms with Gasteiger partial charge in [-0.1, -0.05) is 118 Å². The largest absolute Gasteiger partial charge is 0.490 e. The summed E-state index contributed by atoms with van der Waals surface area (Å²) in [7, 11) is 0. The lowest BCUT2D eigenvalue weighted by atomic mass is 9.95. The first-order chi connectivity index (χ1) is 66.6. The Kier molecular flexibility index (Phi) is 34.1. The molecule has 3 aliphatic rings. The Morgan fingerprint density at radius 3 is 1.10 bits per heavy atom. The van der Waals surface area contributed by atoms with Crippen molar-refractivity contribution in [1.29, 1.82) is 0 Å². The van der Waals surface area contributed by atoms with Crippen LogP contribution in [-0.4, -0.2) is 151 Å². The zero-order chi connectivity index (χ0) is 101. The molecule has 8 aromatic heterocycles. The first-order valence-electron chi connectivity index (χ1n) is 47.1. The van der Waals surface area contributed by atoms with E-state index in [1.54, 1.807) is 49.6 Å². The molecule has 0 radical (unpaired) electrons. The number of ether oxygens (including phenoxy) is 6. The van der Waals surface area contributed by atoms with Crippen LogP contribution >= 0.6 is 46.4 Å². The van der Waals surface area contributed by atoms with Gasteiger partial charge in [0.1, 0.15) is 114 Å². The van der Waals surface area contributed by atoms with Crippen molar-refractivity contribution in [2.45, 2.75) is 242 Å². The predicted molar refractivity (Wildman–Crippen MR) is 536 cm³/mol. The SMILES string of the molecule is Cc1nc(C(C)c2cc(Cl)c(F)c(C(=O)NC(C)c3ccccc3)c2OC(C)C)n2ccnc(N)c12.Cc1nc(C(C)c2cc(Cl)c(F)c(C(=O)NC3CCCC3C)c2OC(C)C)n2ccnc(N)c12.Cc1nc(C(C)c2cc(Cl)c(F)c(C(=O)NCC3CCCO3)c2OC(C)C)n2ccnc(N)c12.Cc1nc(C(C)c2cc(Cl)c(F)c(C(=O)NCCC3CCOCC3)c2OC(C)C)n2ccnc(N)c12. The summed E-state index contributed by atoms with van der Waals surface area (Å²) in [5.74, 6) is -1.66.